The number of hydrogen-bond donors (Lipinski definition) is 3. The molecule has 3 rings (SSSR count). The van der Waals surface area contributed by atoms with Crippen molar-refractivity contribution in [3.8, 4) is 5.75 Å². The highest BCUT2D eigenvalue weighted by atomic mass is 32.2. The largest absolute Gasteiger partial charge is 0.508 e. The molecule has 0 saturated heterocycles. The van der Waals surface area contributed by atoms with Crippen LogP contribution in [0.25, 0.3) is 10.8 Å². The fourth-order valence-electron chi connectivity index (χ4n) is 3.08. The first-order valence-electron chi connectivity index (χ1n) is 9.74. The lowest BCUT2D eigenvalue weighted by molar-refractivity contribution is -0.138. The summed E-state index contributed by atoms with van der Waals surface area (Å²) in [6.07, 6.45) is -0.291. The van der Waals surface area contributed by atoms with Gasteiger partial charge in [-0.3, -0.25) is 4.79 Å². The maximum Gasteiger partial charge on any atom is 0.322 e. The first kappa shape index (κ1) is 18.0. The number of phenols is 1. The number of hydrogen-bond acceptors (Lipinski definition) is 5. The van der Waals surface area contributed by atoms with Crippen molar-refractivity contribution in [3.63, 3.8) is 0 Å². The lowest BCUT2D eigenvalue weighted by atomic mass is 10.1. The summed E-state index contributed by atoms with van der Waals surface area (Å²) in [6.45, 7) is 0. The number of aromatic hydroxyl groups is 1. The van der Waals surface area contributed by atoms with Gasteiger partial charge >= 0.3 is 5.97 Å². The molecule has 0 unspecified atom stereocenters. The number of fused-ring (bicyclic) bond motifs is 1. The van der Waals surface area contributed by atoms with Crippen LogP contribution in [0.15, 0.2) is 65.5 Å². The number of carboxylic acid groups (broad SMARTS) is 1. The Kier molecular flexibility index (Phi) is 5.02. The molecule has 0 aliphatic rings. The van der Waals surface area contributed by atoms with Crippen LogP contribution in [0.5, 0.6) is 5.75 Å². The van der Waals surface area contributed by atoms with E-state index >= 15 is 0 Å². The van der Waals surface area contributed by atoms with E-state index in [2.05, 4.69) is 4.72 Å². The molecule has 0 aliphatic carbocycles. The molecule has 0 amide bonds. The molecule has 0 spiro atoms. The zero-order valence-electron chi connectivity index (χ0n) is 17.9. The van der Waals surface area contributed by atoms with Gasteiger partial charge in [0.1, 0.15) is 11.8 Å². The van der Waals surface area contributed by atoms with Gasteiger partial charge in [-0.05, 0) is 36.2 Å². The molecular weight excluding hydrogens is 392 g/mol. The third kappa shape index (κ3) is 4.49. The number of anilines is 1. The predicted molar refractivity (Wildman–Crippen MR) is 112 cm³/mol. The van der Waals surface area contributed by atoms with Crippen LogP contribution >= 0.6 is 0 Å². The molecular formula is C21H22N2O5S. The normalized spacial score (nSPS) is 13.6. The van der Waals surface area contributed by atoms with Crippen molar-refractivity contribution in [3.05, 3.63) is 66.2 Å². The van der Waals surface area contributed by atoms with E-state index in [1.165, 1.54) is 18.2 Å². The summed E-state index contributed by atoms with van der Waals surface area (Å²) in [5.74, 6) is -1.92. The number of aliphatic carboxylic acids is 1. The Bertz CT molecular complexity index is 1240. The average Bonchev–Trinajstić information content (AvgIpc) is 2.70. The van der Waals surface area contributed by atoms with E-state index in [-0.39, 0.29) is 29.0 Å². The molecule has 0 bridgehead atoms. The van der Waals surface area contributed by atoms with Gasteiger partial charge < -0.3 is 15.1 Å². The number of nitrogens with zero attached hydrogens (tertiary/aromatic N) is 1. The van der Waals surface area contributed by atoms with Crippen LogP contribution in [0.1, 0.15) is 8.30 Å². The van der Waals surface area contributed by atoms with Crippen molar-refractivity contribution in [2.45, 2.75) is 17.4 Å². The highest BCUT2D eigenvalue weighted by Gasteiger charge is 2.27. The molecule has 0 heterocycles. The van der Waals surface area contributed by atoms with Crippen molar-refractivity contribution in [2.24, 2.45) is 0 Å². The van der Waals surface area contributed by atoms with Crippen LogP contribution in [0.3, 0.4) is 0 Å². The molecule has 152 valence electrons. The third-order valence-corrected chi connectivity index (χ3v) is 5.98. The summed E-state index contributed by atoms with van der Waals surface area (Å²) in [4.78, 5) is 13.6. The average molecular weight is 418 g/mol. The second kappa shape index (κ2) is 8.10. The van der Waals surface area contributed by atoms with E-state index in [4.69, 9.17) is 2.74 Å². The standard InChI is InChI=1S/C21H22N2O5S/c1-23(2)19-7-3-6-17-16(19)5-4-8-20(17)29(27,28)22-18(21(25)26)13-14-9-11-15(24)12-10-14/h3-12,18,22,24H,13H2,1-2H3,(H,25,26)/t18-/m1/s1/i11T,12T. The zero-order chi connectivity index (χ0) is 22.9. The summed E-state index contributed by atoms with van der Waals surface area (Å²) in [5.41, 5.74) is 1.06. The van der Waals surface area contributed by atoms with Gasteiger partial charge in [0.25, 0.3) is 0 Å². The van der Waals surface area contributed by atoms with Gasteiger partial charge in [0.2, 0.25) is 10.0 Å². The summed E-state index contributed by atoms with van der Waals surface area (Å²) >= 11 is 0. The van der Waals surface area contributed by atoms with Crippen LogP contribution in [0, 0.1) is 0 Å². The molecule has 0 radical (unpaired) electrons. The summed E-state index contributed by atoms with van der Waals surface area (Å²) in [5, 5.41) is 20.3. The van der Waals surface area contributed by atoms with Crippen LogP contribution in [0.2, 0.25) is 0 Å². The van der Waals surface area contributed by atoms with Gasteiger partial charge in [0, 0.05) is 30.6 Å². The van der Waals surface area contributed by atoms with E-state index in [1.54, 1.807) is 24.3 Å². The minimum Gasteiger partial charge on any atom is -0.508 e. The molecule has 3 aromatic rings. The van der Waals surface area contributed by atoms with Crippen molar-refractivity contribution in [1.82, 2.24) is 4.72 Å². The van der Waals surface area contributed by atoms with E-state index in [1.807, 2.05) is 25.1 Å². The van der Waals surface area contributed by atoms with Gasteiger partial charge in [-0.15, -0.1) is 0 Å². The first-order valence-corrected chi connectivity index (χ1v) is 10.2. The second-order valence-electron chi connectivity index (χ2n) is 6.74. The smallest absolute Gasteiger partial charge is 0.322 e. The topological polar surface area (TPSA) is 107 Å². The Morgan fingerprint density at radius 2 is 1.72 bits per heavy atom. The van der Waals surface area contributed by atoms with Gasteiger partial charge in [0.15, 0.2) is 0 Å². The maximum absolute atomic E-state index is 13.1. The molecule has 3 N–H and O–H groups in total. The quantitative estimate of drug-likeness (QED) is 0.544. The van der Waals surface area contributed by atoms with Gasteiger partial charge in [-0.2, -0.15) is 4.72 Å². The number of rotatable bonds is 7. The Labute approximate surface area is 172 Å². The monoisotopic (exact) mass is 418 g/mol. The molecule has 1 atom stereocenters. The molecule has 0 saturated carbocycles. The number of benzene rings is 3. The summed E-state index contributed by atoms with van der Waals surface area (Å²) in [6, 6.07) is 10.3. The molecule has 29 heavy (non-hydrogen) atoms. The predicted octanol–water partition coefficient (Wildman–Crippen LogP) is 2.59. The van der Waals surface area contributed by atoms with Crippen LogP contribution in [0.4, 0.5) is 5.69 Å². The number of carbonyl (C=O) groups is 1. The third-order valence-electron chi connectivity index (χ3n) is 4.45. The SMILES string of the molecule is [3H]c1cc(C[C@@H](NS(=O)(=O)c2cccc3c(N(C)C)cccc23)C(=O)O)cc([3H])c1O. The lowest BCUT2D eigenvalue weighted by Gasteiger charge is -2.19. The first-order chi connectivity index (χ1) is 14.5. The second-order valence-corrected chi connectivity index (χ2v) is 8.42. The van der Waals surface area contributed by atoms with Crippen LogP contribution < -0.4 is 9.62 Å². The Morgan fingerprint density at radius 1 is 1.10 bits per heavy atom. The summed E-state index contributed by atoms with van der Waals surface area (Å²) < 4.78 is 43.8. The van der Waals surface area contributed by atoms with Crippen molar-refractivity contribution < 1.29 is 26.2 Å². The van der Waals surface area contributed by atoms with Crippen molar-refractivity contribution >= 4 is 32.5 Å². The molecule has 0 aromatic heterocycles. The Morgan fingerprint density at radius 3 is 2.34 bits per heavy atom. The van der Waals surface area contributed by atoms with Crippen LogP contribution in [-0.4, -0.2) is 44.7 Å². The van der Waals surface area contributed by atoms with E-state index in [9.17, 15) is 23.4 Å². The minimum atomic E-state index is -4.21. The Balaban J connectivity index is 2.00. The minimum absolute atomic E-state index is 0.0481. The van der Waals surface area contributed by atoms with Crippen molar-refractivity contribution in [1.29, 1.82) is 0 Å². The molecule has 7 nitrogen and oxygen atoms in total. The maximum atomic E-state index is 13.1. The fraction of sp³-hybridized carbons (Fsp3) is 0.190. The molecule has 0 fully saturated rings. The highest BCUT2D eigenvalue weighted by Crippen LogP contribution is 2.30. The number of sulfonamides is 1. The van der Waals surface area contributed by atoms with Gasteiger partial charge in [-0.1, -0.05) is 36.4 Å². The van der Waals surface area contributed by atoms with Gasteiger partial charge in [-0.25, -0.2) is 8.42 Å². The number of carboxylic acids is 1. The molecule has 0 aliphatic heterocycles. The zero-order valence-corrected chi connectivity index (χ0v) is 16.7. The molecule has 3 aromatic carbocycles. The van der Waals surface area contributed by atoms with E-state index in [0.717, 1.165) is 5.69 Å². The molecule has 8 heteroatoms. The Hall–Kier alpha value is -3.10. The number of phenolic OH excluding ortho intramolecular Hbond substituents is 1. The summed E-state index contributed by atoms with van der Waals surface area (Å²) in [7, 11) is -0.533. The highest BCUT2D eigenvalue weighted by molar-refractivity contribution is 7.89. The van der Waals surface area contributed by atoms with Crippen LogP contribution in [-0.2, 0) is 21.2 Å². The lowest BCUT2D eigenvalue weighted by Crippen LogP contribution is -2.42. The van der Waals surface area contributed by atoms with Crippen molar-refractivity contribution in [2.75, 3.05) is 19.0 Å². The van der Waals surface area contributed by atoms with E-state index in [0.29, 0.717) is 10.8 Å². The van der Waals surface area contributed by atoms with Gasteiger partial charge in [0.05, 0.1) is 7.64 Å². The van der Waals surface area contributed by atoms with E-state index < -0.39 is 27.8 Å². The fourth-order valence-corrected chi connectivity index (χ4v) is 4.49. The number of nitrogens with one attached hydrogen (secondary N) is 1.